The van der Waals surface area contributed by atoms with Gasteiger partial charge in [0.25, 0.3) is 0 Å². The van der Waals surface area contributed by atoms with Gasteiger partial charge in [-0.05, 0) is 44.7 Å². The summed E-state index contributed by atoms with van der Waals surface area (Å²) in [5, 5.41) is 6.19. The molecule has 0 spiro atoms. The predicted octanol–water partition coefficient (Wildman–Crippen LogP) is 2.25. The van der Waals surface area contributed by atoms with Crippen molar-refractivity contribution in [3.63, 3.8) is 0 Å². The first-order valence-corrected chi connectivity index (χ1v) is 8.25. The summed E-state index contributed by atoms with van der Waals surface area (Å²) in [4.78, 5) is 25.7. The van der Waals surface area contributed by atoms with Crippen molar-refractivity contribution in [1.29, 1.82) is 0 Å². The molecule has 0 unspecified atom stereocenters. The highest BCUT2D eigenvalue weighted by molar-refractivity contribution is 5.88. The van der Waals surface area contributed by atoms with E-state index in [0.29, 0.717) is 12.5 Å². The molecule has 0 aliphatic carbocycles. The maximum atomic E-state index is 12.8. The lowest BCUT2D eigenvalue weighted by Crippen LogP contribution is -2.52. The number of amides is 2. The molecule has 1 heterocycles. The average Bonchev–Trinajstić information content (AvgIpc) is 2.53. The van der Waals surface area contributed by atoms with Gasteiger partial charge >= 0.3 is 0 Å². The van der Waals surface area contributed by atoms with Gasteiger partial charge < -0.3 is 15.5 Å². The molecular formula is C18H27N3O2. The second-order valence-corrected chi connectivity index (χ2v) is 6.79. The van der Waals surface area contributed by atoms with Crippen LogP contribution in [0.1, 0.15) is 33.6 Å². The highest BCUT2D eigenvalue weighted by atomic mass is 16.2. The van der Waals surface area contributed by atoms with Crippen molar-refractivity contribution in [2.75, 3.05) is 25.0 Å². The molecule has 0 radical (unpaired) electrons. The van der Waals surface area contributed by atoms with Crippen molar-refractivity contribution < 1.29 is 9.59 Å². The second kappa shape index (κ2) is 7.49. The number of likely N-dealkylation sites (tertiary alicyclic amines) is 1. The van der Waals surface area contributed by atoms with E-state index < -0.39 is 5.54 Å². The molecular weight excluding hydrogens is 290 g/mol. The van der Waals surface area contributed by atoms with E-state index >= 15 is 0 Å². The van der Waals surface area contributed by atoms with Crippen LogP contribution >= 0.6 is 0 Å². The Bertz CT molecular complexity index is 534. The molecule has 0 saturated carbocycles. The molecule has 0 atom stereocenters. The molecule has 0 bridgehead atoms. The zero-order valence-electron chi connectivity index (χ0n) is 14.3. The molecule has 2 N–H and O–H groups in total. The number of carbonyl (C=O) groups excluding carboxylic acids is 2. The molecule has 2 amide bonds. The summed E-state index contributed by atoms with van der Waals surface area (Å²) in [6.07, 6.45) is 1.88. The van der Waals surface area contributed by atoms with Crippen LogP contribution in [0.4, 0.5) is 5.69 Å². The van der Waals surface area contributed by atoms with Gasteiger partial charge in [-0.15, -0.1) is 0 Å². The second-order valence-electron chi connectivity index (χ2n) is 6.79. The lowest BCUT2D eigenvalue weighted by Gasteiger charge is -2.37. The van der Waals surface area contributed by atoms with E-state index in [9.17, 15) is 9.59 Å². The standard InChI is InChI=1S/C18H27N3O2/c1-14(22)19-13-15-9-11-21(12-10-15)17(23)18(2,3)20-16-7-5-4-6-8-16/h4-8,15,20H,9-13H2,1-3H3,(H,19,22). The van der Waals surface area contributed by atoms with Crippen LogP contribution in [0.3, 0.4) is 0 Å². The topological polar surface area (TPSA) is 61.4 Å². The predicted molar refractivity (Wildman–Crippen MR) is 92.1 cm³/mol. The minimum Gasteiger partial charge on any atom is -0.372 e. The van der Waals surface area contributed by atoms with Crippen LogP contribution in [0, 0.1) is 5.92 Å². The molecule has 1 saturated heterocycles. The summed E-state index contributed by atoms with van der Waals surface area (Å²) in [5.74, 6) is 0.601. The third-order valence-electron chi connectivity index (χ3n) is 4.31. The number of carbonyl (C=O) groups is 2. The normalized spacial score (nSPS) is 16.0. The van der Waals surface area contributed by atoms with Crippen molar-refractivity contribution in [3.8, 4) is 0 Å². The number of anilines is 1. The van der Waals surface area contributed by atoms with Gasteiger partial charge in [-0.1, -0.05) is 18.2 Å². The largest absolute Gasteiger partial charge is 0.372 e. The lowest BCUT2D eigenvalue weighted by molar-refractivity contribution is -0.136. The van der Waals surface area contributed by atoms with Gasteiger partial charge in [0.05, 0.1) is 0 Å². The summed E-state index contributed by atoms with van der Waals surface area (Å²) in [6, 6.07) is 9.80. The number of nitrogens with zero attached hydrogens (tertiary/aromatic N) is 1. The number of piperidine rings is 1. The summed E-state index contributed by atoms with van der Waals surface area (Å²) in [7, 11) is 0. The van der Waals surface area contributed by atoms with Crippen molar-refractivity contribution in [3.05, 3.63) is 30.3 Å². The van der Waals surface area contributed by atoms with Gasteiger partial charge in [-0.3, -0.25) is 9.59 Å². The minimum atomic E-state index is -0.633. The Kier molecular flexibility index (Phi) is 5.64. The number of rotatable bonds is 5. The van der Waals surface area contributed by atoms with Crippen LogP contribution in [-0.2, 0) is 9.59 Å². The van der Waals surface area contributed by atoms with Gasteiger partial charge in [0.2, 0.25) is 11.8 Å². The number of benzene rings is 1. The summed E-state index contributed by atoms with van der Waals surface area (Å²) in [5.41, 5.74) is 0.317. The number of para-hydroxylation sites is 1. The highest BCUT2D eigenvalue weighted by Crippen LogP contribution is 2.22. The third-order valence-corrected chi connectivity index (χ3v) is 4.31. The fourth-order valence-electron chi connectivity index (χ4n) is 2.96. The molecule has 1 aromatic carbocycles. The Balaban J connectivity index is 1.87. The monoisotopic (exact) mass is 317 g/mol. The van der Waals surface area contributed by atoms with Gasteiger partial charge in [0.15, 0.2) is 0 Å². The Morgan fingerprint density at radius 3 is 2.35 bits per heavy atom. The van der Waals surface area contributed by atoms with Crippen molar-refractivity contribution in [2.24, 2.45) is 5.92 Å². The fourth-order valence-corrected chi connectivity index (χ4v) is 2.96. The molecule has 23 heavy (non-hydrogen) atoms. The Morgan fingerprint density at radius 2 is 1.78 bits per heavy atom. The van der Waals surface area contributed by atoms with Crippen LogP contribution in [-0.4, -0.2) is 41.9 Å². The quantitative estimate of drug-likeness (QED) is 0.875. The van der Waals surface area contributed by atoms with Crippen LogP contribution < -0.4 is 10.6 Å². The number of nitrogens with one attached hydrogen (secondary N) is 2. The zero-order valence-corrected chi connectivity index (χ0v) is 14.3. The maximum Gasteiger partial charge on any atom is 0.247 e. The van der Waals surface area contributed by atoms with Crippen molar-refractivity contribution in [2.45, 2.75) is 39.2 Å². The average molecular weight is 317 g/mol. The highest BCUT2D eigenvalue weighted by Gasteiger charge is 2.33. The van der Waals surface area contributed by atoms with Crippen molar-refractivity contribution in [1.82, 2.24) is 10.2 Å². The summed E-state index contributed by atoms with van der Waals surface area (Å²) < 4.78 is 0. The van der Waals surface area contributed by atoms with Crippen molar-refractivity contribution >= 4 is 17.5 Å². The van der Waals surface area contributed by atoms with E-state index in [-0.39, 0.29) is 11.8 Å². The fraction of sp³-hybridized carbons (Fsp3) is 0.556. The number of hydrogen-bond donors (Lipinski definition) is 2. The Morgan fingerprint density at radius 1 is 1.17 bits per heavy atom. The van der Waals surface area contributed by atoms with Gasteiger partial charge in [0.1, 0.15) is 5.54 Å². The van der Waals surface area contributed by atoms with E-state index in [2.05, 4.69) is 10.6 Å². The maximum absolute atomic E-state index is 12.8. The van der Waals surface area contributed by atoms with Gasteiger partial charge in [-0.25, -0.2) is 0 Å². The molecule has 1 aliphatic heterocycles. The minimum absolute atomic E-state index is 0.0108. The Labute approximate surface area is 138 Å². The van der Waals surface area contributed by atoms with E-state index in [1.165, 1.54) is 6.92 Å². The van der Waals surface area contributed by atoms with E-state index in [4.69, 9.17) is 0 Å². The van der Waals surface area contributed by atoms with E-state index in [1.807, 2.05) is 49.1 Å². The summed E-state index contributed by atoms with van der Waals surface area (Å²) in [6.45, 7) is 7.60. The lowest BCUT2D eigenvalue weighted by atomic mass is 9.94. The first-order valence-electron chi connectivity index (χ1n) is 8.25. The Hall–Kier alpha value is -2.04. The van der Waals surface area contributed by atoms with Gasteiger partial charge in [0, 0.05) is 32.2 Å². The molecule has 0 aromatic heterocycles. The molecule has 2 rings (SSSR count). The number of hydrogen-bond acceptors (Lipinski definition) is 3. The van der Waals surface area contributed by atoms with Crippen LogP contribution in [0.2, 0.25) is 0 Å². The van der Waals surface area contributed by atoms with E-state index in [1.54, 1.807) is 0 Å². The zero-order chi connectivity index (χ0) is 16.9. The molecule has 126 valence electrons. The first kappa shape index (κ1) is 17.3. The van der Waals surface area contributed by atoms with Crippen LogP contribution in [0.5, 0.6) is 0 Å². The van der Waals surface area contributed by atoms with Crippen LogP contribution in [0.15, 0.2) is 30.3 Å². The molecule has 5 nitrogen and oxygen atoms in total. The molecule has 5 heteroatoms. The summed E-state index contributed by atoms with van der Waals surface area (Å²) >= 11 is 0. The molecule has 1 aromatic rings. The smallest absolute Gasteiger partial charge is 0.247 e. The first-order chi connectivity index (χ1) is 10.9. The molecule has 1 fully saturated rings. The SMILES string of the molecule is CC(=O)NCC1CCN(C(=O)C(C)(C)Nc2ccccc2)CC1. The van der Waals surface area contributed by atoms with E-state index in [0.717, 1.165) is 31.6 Å². The molecule has 1 aliphatic rings. The third kappa shape index (κ3) is 4.98. The van der Waals surface area contributed by atoms with Crippen LogP contribution in [0.25, 0.3) is 0 Å². The van der Waals surface area contributed by atoms with Gasteiger partial charge in [-0.2, -0.15) is 0 Å².